The van der Waals surface area contributed by atoms with Crippen molar-refractivity contribution in [1.29, 1.82) is 0 Å². The van der Waals surface area contributed by atoms with Crippen molar-refractivity contribution in [1.82, 2.24) is 29.6 Å². The molecule has 1 aliphatic rings. The zero-order valence-electron chi connectivity index (χ0n) is 16.2. The summed E-state index contributed by atoms with van der Waals surface area (Å²) in [7, 11) is 3.13. The van der Waals surface area contributed by atoms with Gasteiger partial charge in [0.1, 0.15) is 36.3 Å². The first-order valence-corrected chi connectivity index (χ1v) is 9.12. The summed E-state index contributed by atoms with van der Waals surface area (Å²) in [6.07, 6.45) is 4.55. The summed E-state index contributed by atoms with van der Waals surface area (Å²) in [5, 5.41) is 4.09. The van der Waals surface area contributed by atoms with E-state index in [1.54, 1.807) is 43.4 Å². The van der Waals surface area contributed by atoms with Crippen molar-refractivity contribution in [2.75, 3.05) is 45.3 Å². The molecule has 3 aromatic rings. The van der Waals surface area contributed by atoms with Crippen LogP contribution in [0.3, 0.4) is 0 Å². The average Bonchev–Trinajstić information content (AvgIpc) is 3.33. The van der Waals surface area contributed by atoms with Crippen LogP contribution in [0, 0.1) is 0 Å². The van der Waals surface area contributed by atoms with Crippen LogP contribution in [0.4, 0.5) is 5.82 Å². The number of amides is 1. The number of nitrogens with zero attached hydrogens (tertiary/aromatic N) is 7. The number of methoxy groups -OCH3 is 2. The molecule has 1 amide bonds. The first-order valence-electron chi connectivity index (χ1n) is 9.12. The summed E-state index contributed by atoms with van der Waals surface area (Å²) in [6.45, 7) is 2.50. The van der Waals surface area contributed by atoms with Crippen LogP contribution in [0.25, 0.3) is 5.82 Å². The fourth-order valence-electron chi connectivity index (χ4n) is 3.21. The van der Waals surface area contributed by atoms with Crippen LogP contribution < -0.4 is 14.4 Å². The Morgan fingerprint density at radius 1 is 0.897 bits per heavy atom. The third-order valence-corrected chi connectivity index (χ3v) is 4.78. The van der Waals surface area contributed by atoms with Gasteiger partial charge in [0, 0.05) is 43.9 Å². The van der Waals surface area contributed by atoms with Gasteiger partial charge in [0.25, 0.3) is 5.91 Å². The second kappa shape index (κ2) is 8.13. The molecule has 10 heteroatoms. The predicted molar refractivity (Wildman–Crippen MR) is 105 cm³/mol. The molecule has 0 bridgehead atoms. The van der Waals surface area contributed by atoms with Gasteiger partial charge in [0.05, 0.1) is 14.2 Å². The van der Waals surface area contributed by atoms with Gasteiger partial charge >= 0.3 is 0 Å². The van der Waals surface area contributed by atoms with Gasteiger partial charge in [-0.25, -0.2) is 19.6 Å². The van der Waals surface area contributed by atoms with E-state index < -0.39 is 0 Å². The summed E-state index contributed by atoms with van der Waals surface area (Å²) in [6, 6.07) is 7.06. The zero-order chi connectivity index (χ0) is 20.2. The van der Waals surface area contributed by atoms with Crippen molar-refractivity contribution in [2.24, 2.45) is 0 Å². The van der Waals surface area contributed by atoms with Gasteiger partial charge in [-0.3, -0.25) is 4.79 Å². The number of hydrogen-bond acceptors (Lipinski definition) is 8. The van der Waals surface area contributed by atoms with E-state index in [2.05, 4.69) is 25.0 Å². The third kappa shape index (κ3) is 3.96. The first kappa shape index (κ1) is 18.7. The quantitative estimate of drug-likeness (QED) is 0.632. The number of anilines is 1. The summed E-state index contributed by atoms with van der Waals surface area (Å²) < 4.78 is 12.1. The third-order valence-electron chi connectivity index (χ3n) is 4.78. The number of hydrogen-bond donors (Lipinski definition) is 0. The van der Waals surface area contributed by atoms with Crippen LogP contribution in [-0.2, 0) is 0 Å². The van der Waals surface area contributed by atoms with E-state index in [0.717, 1.165) is 5.82 Å². The second-order valence-electron chi connectivity index (χ2n) is 6.46. The minimum absolute atomic E-state index is 0.0483. The number of piperazine rings is 1. The van der Waals surface area contributed by atoms with Crippen LogP contribution >= 0.6 is 0 Å². The number of ether oxygens (including phenoxy) is 2. The van der Waals surface area contributed by atoms with Crippen LogP contribution in [0.2, 0.25) is 0 Å². The van der Waals surface area contributed by atoms with Crippen molar-refractivity contribution in [3.05, 3.63) is 48.8 Å². The van der Waals surface area contributed by atoms with E-state index in [0.29, 0.717) is 49.1 Å². The van der Waals surface area contributed by atoms with Crippen LogP contribution in [0.1, 0.15) is 10.4 Å². The van der Waals surface area contributed by atoms with E-state index in [1.807, 2.05) is 11.0 Å². The Bertz CT molecular complexity index is 963. The monoisotopic (exact) mass is 395 g/mol. The summed E-state index contributed by atoms with van der Waals surface area (Å²) in [5.41, 5.74) is 0.546. The molecule has 0 unspecified atom stereocenters. The van der Waals surface area contributed by atoms with Gasteiger partial charge in [-0.2, -0.15) is 5.10 Å². The smallest absolute Gasteiger partial charge is 0.254 e. The maximum Gasteiger partial charge on any atom is 0.254 e. The molecule has 10 nitrogen and oxygen atoms in total. The minimum Gasteiger partial charge on any atom is -0.497 e. The SMILES string of the molecule is COc1cc(OC)cc(C(=O)N2CCN(c3cc(-n4cncn4)ncn3)CC2)c1. The van der Waals surface area contributed by atoms with Crippen LogP contribution in [0.15, 0.2) is 43.2 Å². The average molecular weight is 395 g/mol. The van der Waals surface area contributed by atoms with Gasteiger partial charge < -0.3 is 19.3 Å². The van der Waals surface area contributed by atoms with Crippen LogP contribution in [-0.4, -0.2) is 75.9 Å². The van der Waals surface area contributed by atoms with Gasteiger partial charge in [-0.15, -0.1) is 0 Å². The molecular weight excluding hydrogens is 374 g/mol. The Morgan fingerprint density at radius 2 is 1.59 bits per heavy atom. The molecule has 0 saturated carbocycles. The number of aromatic nitrogens is 5. The van der Waals surface area contributed by atoms with E-state index >= 15 is 0 Å². The lowest BCUT2D eigenvalue weighted by molar-refractivity contribution is 0.0745. The van der Waals surface area contributed by atoms with Gasteiger partial charge in [0.2, 0.25) is 0 Å². The van der Waals surface area contributed by atoms with Crippen LogP contribution in [0.5, 0.6) is 11.5 Å². The van der Waals surface area contributed by atoms with Crippen molar-refractivity contribution in [2.45, 2.75) is 0 Å². The van der Waals surface area contributed by atoms with Crippen molar-refractivity contribution >= 4 is 11.7 Å². The Kier molecular flexibility index (Phi) is 5.23. The minimum atomic E-state index is -0.0483. The fraction of sp³-hybridized carbons (Fsp3) is 0.316. The number of carbonyl (C=O) groups is 1. The molecule has 2 aromatic heterocycles. The van der Waals surface area contributed by atoms with Crippen molar-refractivity contribution in [3.8, 4) is 17.3 Å². The highest BCUT2D eigenvalue weighted by molar-refractivity contribution is 5.95. The molecule has 1 aromatic carbocycles. The maximum absolute atomic E-state index is 12.9. The molecular formula is C19H21N7O3. The van der Waals surface area contributed by atoms with Gasteiger partial charge in [-0.05, 0) is 12.1 Å². The van der Waals surface area contributed by atoms with E-state index in [1.165, 1.54) is 12.7 Å². The lowest BCUT2D eigenvalue weighted by Gasteiger charge is -2.35. The zero-order valence-corrected chi connectivity index (χ0v) is 16.2. The van der Waals surface area contributed by atoms with Gasteiger partial charge in [-0.1, -0.05) is 0 Å². The summed E-state index contributed by atoms with van der Waals surface area (Å²) in [4.78, 5) is 29.4. The molecule has 1 fully saturated rings. The molecule has 29 heavy (non-hydrogen) atoms. The largest absolute Gasteiger partial charge is 0.497 e. The molecule has 0 spiro atoms. The number of carbonyl (C=O) groups excluding carboxylic acids is 1. The molecule has 4 rings (SSSR count). The van der Waals surface area contributed by atoms with E-state index in [-0.39, 0.29) is 5.91 Å². The number of benzene rings is 1. The van der Waals surface area contributed by atoms with Crippen molar-refractivity contribution < 1.29 is 14.3 Å². The molecule has 150 valence electrons. The highest BCUT2D eigenvalue weighted by Gasteiger charge is 2.24. The maximum atomic E-state index is 12.9. The second-order valence-corrected chi connectivity index (χ2v) is 6.46. The highest BCUT2D eigenvalue weighted by Crippen LogP contribution is 2.24. The molecule has 3 heterocycles. The normalized spacial score (nSPS) is 14.0. The Hall–Kier alpha value is -3.69. The predicted octanol–water partition coefficient (Wildman–Crippen LogP) is 1.04. The molecule has 0 N–H and O–H groups in total. The lowest BCUT2D eigenvalue weighted by Crippen LogP contribution is -2.49. The number of rotatable bonds is 5. The molecule has 1 aliphatic heterocycles. The molecule has 0 aliphatic carbocycles. The topological polar surface area (TPSA) is 98.5 Å². The fourth-order valence-corrected chi connectivity index (χ4v) is 3.21. The highest BCUT2D eigenvalue weighted by atomic mass is 16.5. The Morgan fingerprint density at radius 3 is 2.21 bits per heavy atom. The molecule has 1 saturated heterocycles. The van der Waals surface area contributed by atoms with Gasteiger partial charge in [0.15, 0.2) is 5.82 Å². The first-order chi connectivity index (χ1) is 14.2. The molecule has 0 radical (unpaired) electrons. The van der Waals surface area contributed by atoms with E-state index in [4.69, 9.17) is 9.47 Å². The van der Waals surface area contributed by atoms with E-state index in [9.17, 15) is 4.79 Å². The summed E-state index contributed by atoms with van der Waals surface area (Å²) >= 11 is 0. The summed E-state index contributed by atoms with van der Waals surface area (Å²) in [5.74, 6) is 2.57. The lowest BCUT2D eigenvalue weighted by atomic mass is 10.1. The molecule has 0 atom stereocenters. The van der Waals surface area contributed by atoms with Crippen molar-refractivity contribution in [3.63, 3.8) is 0 Å². The Balaban J connectivity index is 1.45. The Labute approximate surface area is 167 Å². The standard InChI is InChI=1S/C19H21N7O3/c1-28-15-7-14(8-16(9-15)29-2)19(27)25-5-3-24(4-6-25)17-10-18(22-12-21-17)26-13-20-11-23-26/h7-13H,3-6H2,1-2H3.